The predicted octanol–water partition coefficient (Wildman–Crippen LogP) is 1.00. The lowest BCUT2D eigenvalue weighted by molar-refractivity contribution is -0.137. The van der Waals surface area contributed by atoms with Crippen LogP contribution in [0.2, 0.25) is 0 Å². The molecule has 2 aliphatic carbocycles. The molecule has 0 radical (unpaired) electrons. The summed E-state index contributed by atoms with van der Waals surface area (Å²) in [5.41, 5.74) is 5.85. The SMILES string of the molecule is NC(CC(=O)O)C1C[C@H]2C=C[C@@H]1C2. The Morgan fingerprint density at radius 1 is 1.54 bits per heavy atom. The normalized spacial score (nSPS) is 38.1. The van der Waals surface area contributed by atoms with Crippen molar-refractivity contribution < 1.29 is 9.90 Å². The quantitative estimate of drug-likeness (QED) is 0.638. The minimum absolute atomic E-state index is 0.113. The number of carboxylic acids is 1. The van der Waals surface area contributed by atoms with Crippen molar-refractivity contribution in [3.8, 4) is 0 Å². The highest BCUT2D eigenvalue weighted by Gasteiger charge is 2.39. The maximum atomic E-state index is 10.5. The number of carbonyl (C=O) groups is 1. The average molecular weight is 181 g/mol. The zero-order valence-corrected chi connectivity index (χ0v) is 7.52. The van der Waals surface area contributed by atoms with Crippen LogP contribution in [0.5, 0.6) is 0 Å². The van der Waals surface area contributed by atoms with E-state index in [0.717, 1.165) is 6.42 Å². The molecule has 0 heterocycles. The third-order valence-electron chi connectivity index (χ3n) is 3.29. The first-order chi connectivity index (χ1) is 6.16. The van der Waals surface area contributed by atoms with E-state index in [1.165, 1.54) is 6.42 Å². The third-order valence-corrected chi connectivity index (χ3v) is 3.29. The zero-order chi connectivity index (χ0) is 9.42. The summed E-state index contributed by atoms with van der Waals surface area (Å²) in [5, 5.41) is 8.62. The number of hydrogen-bond acceptors (Lipinski definition) is 2. The van der Waals surface area contributed by atoms with Crippen LogP contribution in [0.4, 0.5) is 0 Å². The second kappa shape index (κ2) is 3.14. The Hall–Kier alpha value is -0.830. The lowest BCUT2D eigenvalue weighted by Gasteiger charge is -2.23. The lowest BCUT2D eigenvalue weighted by Crippen LogP contribution is -2.34. The van der Waals surface area contributed by atoms with Crippen LogP contribution < -0.4 is 5.73 Å². The second-order valence-electron chi connectivity index (χ2n) is 4.21. The summed E-state index contributed by atoms with van der Waals surface area (Å²) in [7, 11) is 0. The maximum absolute atomic E-state index is 10.5. The van der Waals surface area contributed by atoms with Crippen molar-refractivity contribution in [2.24, 2.45) is 23.5 Å². The van der Waals surface area contributed by atoms with Crippen LogP contribution >= 0.6 is 0 Å². The Balaban J connectivity index is 1.95. The Morgan fingerprint density at radius 2 is 2.31 bits per heavy atom. The molecular formula is C10H15NO2. The molecule has 2 rings (SSSR count). The van der Waals surface area contributed by atoms with Crippen LogP contribution in [0, 0.1) is 17.8 Å². The van der Waals surface area contributed by atoms with E-state index in [-0.39, 0.29) is 12.5 Å². The number of aliphatic carboxylic acids is 1. The fourth-order valence-electron chi connectivity index (χ4n) is 2.67. The van der Waals surface area contributed by atoms with E-state index in [1.54, 1.807) is 0 Å². The third kappa shape index (κ3) is 1.61. The zero-order valence-electron chi connectivity index (χ0n) is 7.52. The van der Waals surface area contributed by atoms with Crippen LogP contribution in [0.25, 0.3) is 0 Å². The van der Waals surface area contributed by atoms with Crippen molar-refractivity contribution in [1.82, 2.24) is 0 Å². The Bertz CT molecular complexity index is 249. The number of fused-ring (bicyclic) bond motifs is 2. The molecule has 1 saturated carbocycles. The van der Waals surface area contributed by atoms with Crippen LogP contribution in [0.15, 0.2) is 12.2 Å². The molecule has 4 atom stereocenters. The van der Waals surface area contributed by atoms with Gasteiger partial charge in [-0.15, -0.1) is 0 Å². The van der Waals surface area contributed by atoms with Gasteiger partial charge in [0.25, 0.3) is 0 Å². The van der Waals surface area contributed by atoms with Crippen molar-refractivity contribution in [3.05, 3.63) is 12.2 Å². The monoisotopic (exact) mass is 181 g/mol. The van der Waals surface area contributed by atoms with Crippen molar-refractivity contribution in [3.63, 3.8) is 0 Å². The van der Waals surface area contributed by atoms with Crippen LogP contribution in [-0.2, 0) is 4.79 Å². The number of carboxylic acid groups (broad SMARTS) is 1. The van der Waals surface area contributed by atoms with Crippen LogP contribution in [0.3, 0.4) is 0 Å². The van der Waals surface area contributed by atoms with Gasteiger partial charge in [0.05, 0.1) is 6.42 Å². The highest BCUT2D eigenvalue weighted by atomic mass is 16.4. The molecule has 0 aromatic heterocycles. The van der Waals surface area contributed by atoms with E-state index in [9.17, 15) is 4.79 Å². The van der Waals surface area contributed by atoms with E-state index in [4.69, 9.17) is 10.8 Å². The second-order valence-corrected chi connectivity index (χ2v) is 4.21. The minimum atomic E-state index is -0.778. The molecule has 3 heteroatoms. The molecule has 0 spiro atoms. The summed E-state index contributed by atoms with van der Waals surface area (Å²) in [4.78, 5) is 10.5. The van der Waals surface area contributed by atoms with Gasteiger partial charge < -0.3 is 10.8 Å². The summed E-state index contributed by atoms with van der Waals surface area (Å²) in [6.07, 6.45) is 6.85. The largest absolute Gasteiger partial charge is 0.481 e. The fourth-order valence-corrected chi connectivity index (χ4v) is 2.67. The number of hydrogen-bond donors (Lipinski definition) is 2. The molecule has 13 heavy (non-hydrogen) atoms. The number of nitrogens with two attached hydrogens (primary N) is 1. The summed E-state index contributed by atoms with van der Waals surface area (Å²) in [6.45, 7) is 0. The molecule has 0 aromatic carbocycles. The van der Waals surface area contributed by atoms with Gasteiger partial charge in [-0.2, -0.15) is 0 Å². The Morgan fingerprint density at radius 3 is 2.77 bits per heavy atom. The van der Waals surface area contributed by atoms with Gasteiger partial charge in [-0.05, 0) is 30.6 Å². The highest BCUT2D eigenvalue weighted by molar-refractivity contribution is 5.67. The summed E-state index contributed by atoms with van der Waals surface area (Å²) >= 11 is 0. The first kappa shape index (κ1) is 8.75. The lowest BCUT2D eigenvalue weighted by atomic mass is 9.86. The molecule has 2 unspecified atom stereocenters. The fraction of sp³-hybridized carbons (Fsp3) is 0.700. The van der Waals surface area contributed by atoms with Gasteiger partial charge in [0.15, 0.2) is 0 Å². The van der Waals surface area contributed by atoms with E-state index >= 15 is 0 Å². The Labute approximate surface area is 77.6 Å². The van der Waals surface area contributed by atoms with Gasteiger partial charge in [-0.1, -0.05) is 12.2 Å². The van der Waals surface area contributed by atoms with Gasteiger partial charge >= 0.3 is 5.97 Å². The Kier molecular flexibility index (Phi) is 2.12. The molecule has 3 nitrogen and oxygen atoms in total. The molecule has 0 saturated heterocycles. The molecule has 2 aliphatic rings. The number of allylic oxidation sites excluding steroid dienone is 2. The van der Waals surface area contributed by atoms with E-state index in [2.05, 4.69) is 12.2 Å². The van der Waals surface area contributed by atoms with Gasteiger partial charge in [0.1, 0.15) is 0 Å². The van der Waals surface area contributed by atoms with Crippen LogP contribution in [0.1, 0.15) is 19.3 Å². The number of rotatable bonds is 3. The van der Waals surface area contributed by atoms with Crippen molar-refractivity contribution >= 4 is 5.97 Å². The van der Waals surface area contributed by atoms with E-state index in [0.29, 0.717) is 17.8 Å². The van der Waals surface area contributed by atoms with Gasteiger partial charge in [-0.3, -0.25) is 4.79 Å². The van der Waals surface area contributed by atoms with Gasteiger partial charge in [0, 0.05) is 6.04 Å². The summed E-state index contributed by atoms with van der Waals surface area (Å²) in [6, 6.07) is -0.155. The van der Waals surface area contributed by atoms with Crippen molar-refractivity contribution in [2.75, 3.05) is 0 Å². The molecular weight excluding hydrogens is 166 g/mol. The van der Waals surface area contributed by atoms with E-state index in [1.807, 2.05) is 0 Å². The molecule has 0 aliphatic heterocycles. The molecule has 72 valence electrons. The maximum Gasteiger partial charge on any atom is 0.304 e. The minimum Gasteiger partial charge on any atom is -0.481 e. The molecule has 0 aromatic rings. The highest BCUT2D eigenvalue weighted by Crippen LogP contribution is 2.44. The first-order valence-corrected chi connectivity index (χ1v) is 4.82. The van der Waals surface area contributed by atoms with E-state index < -0.39 is 5.97 Å². The molecule has 2 bridgehead atoms. The van der Waals surface area contributed by atoms with Crippen molar-refractivity contribution in [2.45, 2.75) is 25.3 Å². The molecule has 1 fully saturated rings. The van der Waals surface area contributed by atoms with Crippen LogP contribution in [-0.4, -0.2) is 17.1 Å². The predicted molar refractivity (Wildman–Crippen MR) is 49.1 cm³/mol. The summed E-state index contributed by atoms with van der Waals surface area (Å²) in [5.74, 6) is 0.861. The topological polar surface area (TPSA) is 63.3 Å². The smallest absolute Gasteiger partial charge is 0.304 e. The summed E-state index contributed by atoms with van der Waals surface area (Å²) < 4.78 is 0. The molecule has 0 amide bonds. The van der Waals surface area contributed by atoms with Crippen molar-refractivity contribution in [1.29, 1.82) is 0 Å². The molecule has 3 N–H and O–H groups in total. The van der Waals surface area contributed by atoms with Gasteiger partial charge in [-0.25, -0.2) is 0 Å². The first-order valence-electron chi connectivity index (χ1n) is 4.82. The van der Waals surface area contributed by atoms with Gasteiger partial charge in [0.2, 0.25) is 0 Å². The standard InChI is InChI=1S/C10H15NO2/c11-9(5-10(12)13)8-4-6-1-2-7(8)3-6/h1-2,6-9H,3-5,11H2,(H,12,13)/t6-,7+,8?,9?/m0/s1. The average Bonchev–Trinajstić information content (AvgIpc) is 2.62.